The number of carbonyl (C=O) groups is 1. The van der Waals surface area contributed by atoms with Crippen LogP contribution in [0.3, 0.4) is 0 Å². The second kappa shape index (κ2) is 9.32. The number of furan rings is 1. The third kappa shape index (κ3) is 5.03. The molecule has 0 radical (unpaired) electrons. The fraction of sp³-hybridized carbons (Fsp3) is 0.304. The molecule has 0 bridgehead atoms. The zero-order valence-electron chi connectivity index (χ0n) is 18.0. The molecule has 3 aromatic rings. The number of anilines is 1. The van der Waals surface area contributed by atoms with E-state index in [1.807, 2.05) is 6.92 Å². The third-order valence-electron chi connectivity index (χ3n) is 5.27. The monoisotopic (exact) mass is 444 g/mol. The number of halogens is 3. The molecule has 6 nitrogen and oxygen atoms in total. The van der Waals surface area contributed by atoms with Gasteiger partial charge in [-0.25, -0.2) is 0 Å². The molecule has 1 aromatic carbocycles. The SMILES string of the molecule is Cc1c(C#N)c(NC(=O)CN(C)Cc2ccccc2C(F)(F)F)n(Cc2ccco2)c1C. The summed E-state index contributed by atoms with van der Waals surface area (Å²) in [6, 6.07) is 10.9. The number of carbonyl (C=O) groups excluding carboxylic acids is 1. The van der Waals surface area contributed by atoms with Gasteiger partial charge in [0.25, 0.3) is 0 Å². The number of benzene rings is 1. The summed E-state index contributed by atoms with van der Waals surface area (Å²) >= 11 is 0. The Morgan fingerprint density at radius 3 is 2.56 bits per heavy atom. The van der Waals surface area contributed by atoms with Crippen molar-refractivity contribution in [2.75, 3.05) is 18.9 Å². The smallest absolute Gasteiger partial charge is 0.416 e. The molecule has 0 spiro atoms. The summed E-state index contributed by atoms with van der Waals surface area (Å²) in [4.78, 5) is 14.2. The lowest BCUT2D eigenvalue weighted by molar-refractivity contribution is -0.138. The number of hydrogen-bond donors (Lipinski definition) is 1. The second-order valence-electron chi connectivity index (χ2n) is 7.59. The minimum atomic E-state index is -4.47. The summed E-state index contributed by atoms with van der Waals surface area (Å²) in [5.74, 6) is 0.559. The first-order valence-corrected chi connectivity index (χ1v) is 9.87. The van der Waals surface area contributed by atoms with Crippen molar-refractivity contribution < 1.29 is 22.4 Å². The first kappa shape index (κ1) is 23.2. The average molecular weight is 444 g/mol. The van der Waals surface area contributed by atoms with E-state index in [2.05, 4.69) is 11.4 Å². The van der Waals surface area contributed by atoms with Gasteiger partial charge in [0, 0.05) is 12.2 Å². The summed E-state index contributed by atoms with van der Waals surface area (Å²) in [6.07, 6.45) is -2.93. The van der Waals surface area contributed by atoms with E-state index in [1.165, 1.54) is 29.4 Å². The number of rotatable bonds is 7. The van der Waals surface area contributed by atoms with E-state index >= 15 is 0 Å². The molecule has 2 heterocycles. The fourth-order valence-electron chi connectivity index (χ4n) is 3.58. The van der Waals surface area contributed by atoms with E-state index in [4.69, 9.17) is 4.42 Å². The molecular weight excluding hydrogens is 421 g/mol. The Balaban J connectivity index is 1.77. The van der Waals surface area contributed by atoms with Crippen LogP contribution in [0.1, 0.15) is 33.7 Å². The van der Waals surface area contributed by atoms with Crippen LogP contribution in [0.4, 0.5) is 19.0 Å². The molecule has 1 N–H and O–H groups in total. The molecule has 9 heteroatoms. The van der Waals surface area contributed by atoms with Gasteiger partial charge in [0.05, 0.1) is 30.5 Å². The summed E-state index contributed by atoms with van der Waals surface area (Å²) in [5, 5.41) is 12.4. The minimum Gasteiger partial charge on any atom is -0.467 e. The number of alkyl halides is 3. The van der Waals surface area contributed by atoms with E-state index < -0.39 is 17.6 Å². The number of aromatic nitrogens is 1. The van der Waals surface area contributed by atoms with E-state index in [1.54, 1.807) is 30.7 Å². The van der Waals surface area contributed by atoms with Gasteiger partial charge in [-0.3, -0.25) is 9.69 Å². The number of amides is 1. The van der Waals surface area contributed by atoms with Crippen LogP contribution in [-0.2, 0) is 24.1 Å². The highest BCUT2D eigenvalue weighted by Gasteiger charge is 2.33. The Labute approximate surface area is 183 Å². The predicted molar refractivity (Wildman–Crippen MR) is 113 cm³/mol. The molecule has 0 fully saturated rings. The minimum absolute atomic E-state index is 0.0559. The molecule has 32 heavy (non-hydrogen) atoms. The standard InChI is InChI=1S/C23H23F3N4O2/c1-15-16(2)30(13-18-8-6-10-32-18)22(19(15)11-27)28-21(31)14-29(3)12-17-7-4-5-9-20(17)23(24,25)26/h4-10H,12-14H2,1-3H3,(H,28,31). The molecule has 0 aliphatic carbocycles. The maximum atomic E-state index is 13.2. The number of likely N-dealkylation sites (N-methyl/N-ethyl adjacent to an activating group) is 1. The van der Waals surface area contributed by atoms with Crippen LogP contribution in [0.5, 0.6) is 0 Å². The molecular formula is C23H23F3N4O2. The van der Waals surface area contributed by atoms with Gasteiger partial charge in [-0.2, -0.15) is 18.4 Å². The lowest BCUT2D eigenvalue weighted by Crippen LogP contribution is -2.31. The zero-order chi connectivity index (χ0) is 23.5. The van der Waals surface area contributed by atoms with Crippen LogP contribution in [0, 0.1) is 25.2 Å². The van der Waals surface area contributed by atoms with Gasteiger partial charge in [0.2, 0.25) is 5.91 Å². The van der Waals surface area contributed by atoms with Gasteiger partial charge in [0.15, 0.2) is 0 Å². The number of nitrogens with zero attached hydrogens (tertiary/aromatic N) is 3. The maximum Gasteiger partial charge on any atom is 0.416 e. The molecule has 0 unspecified atom stereocenters. The first-order chi connectivity index (χ1) is 15.1. The quantitative estimate of drug-likeness (QED) is 0.573. The molecule has 0 atom stereocenters. The summed E-state index contributed by atoms with van der Waals surface area (Å²) in [7, 11) is 1.57. The van der Waals surface area contributed by atoms with Crippen molar-refractivity contribution in [2.24, 2.45) is 0 Å². The largest absolute Gasteiger partial charge is 0.467 e. The van der Waals surface area contributed by atoms with Gasteiger partial charge >= 0.3 is 6.18 Å². The fourth-order valence-corrected chi connectivity index (χ4v) is 3.58. The number of nitrogens with one attached hydrogen (secondary N) is 1. The van der Waals surface area contributed by atoms with Crippen LogP contribution >= 0.6 is 0 Å². The Morgan fingerprint density at radius 1 is 1.22 bits per heavy atom. The Kier molecular flexibility index (Phi) is 6.75. The van der Waals surface area contributed by atoms with Crippen molar-refractivity contribution in [3.63, 3.8) is 0 Å². The summed E-state index contributed by atoms with van der Waals surface area (Å²) in [6.45, 7) is 3.75. The Hall–Kier alpha value is -3.51. The van der Waals surface area contributed by atoms with Gasteiger partial charge in [0.1, 0.15) is 17.6 Å². The zero-order valence-corrected chi connectivity index (χ0v) is 18.0. The van der Waals surface area contributed by atoms with Crippen LogP contribution in [0.2, 0.25) is 0 Å². The predicted octanol–water partition coefficient (Wildman–Crippen LogP) is 4.71. The maximum absolute atomic E-state index is 13.2. The number of hydrogen-bond acceptors (Lipinski definition) is 4. The Morgan fingerprint density at radius 2 is 1.94 bits per heavy atom. The van der Waals surface area contributed by atoms with Crippen LogP contribution in [0.25, 0.3) is 0 Å². The second-order valence-corrected chi connectivity index (χ2v) is 7.59. The normalized spacial score (nSPS) is 11.6. The third-order valence-corrected chi connectivity index (χ3v) is 5.27. The molecule has 168 valence electrons. The summed E-state index contributed by atoms with van der Waals surface area (Å²) in [5.41, 5.74) is 1.24. The molecule has 3 rings (SSSR count). The van der Waals surface area contributed by atoms with E-state index in [0.717, 1.165) is 17.3 Å². The van der Waals surface area contributed by atoms with Crippen molar-refractivity contribution in [3.05, 3.63) is 76.4 Å². The van der Waals surface area contributed by atoms with Gasteiger partial charge < -0.3 is 14.3 Å². The highest BCUT2D eigenvalue weighted by atomic mass is 19.4. The van der Waals surface area contributed by atoms with Crippen molar-refractivity contribution in [1.29, 1.82) is 5.26 Å². The summed E-state index contributed by atoms with van der Waals surface area (Å²) < 4.78 is 46.9. The van der Waals surface area contributed by atoms with E-state index in [0.29, 0.717) is 23.7 Å². The lowest BCUT2D eigenvalue weighted by Gasteiger charge is -2.20. The molecule has 1 amide bonds. The van der Waals surface area contributed by atoms with Crippen molar-refractivity contribution in [3.8, 4) is 6.07 Å². The van der Waals surface area contributed by atoms with E-state index in [9.17, 15) is 23.2 Å². The van der Waals surface area contributed by atoms with Gasteiger partial charge in [-0.1, -0.05) is 18.2 Å². The first-order valence-electron chi connectivity index (χ1n) is 9.87. The van der Waals surface area contributed by atoms with Gasteiger partial charge in [-0.05, 0) is 50.2 Å². The topological polar surface area (TPSA) is 74.2 Å². The average Bonchev–Trinajstić information content (AvgIpc) is 3.30. The highest BCUT2D eigenvalue weighted by molar-refractivity contribution is 5.93. The lowest BCUT2D eigenvalue weighted by atomic mass is 10.1. The molecule has 0 aliphatic heterocycles. The molecule has 0 saturated heterocycles. The molecule has 2 aromatic heterocycles. The van der Waals surface area contributed by atoms with E-state index in [-0.39, 0.29) is 18.7 Å². The number of nitriles is 1. The van der Waals surface area contributed by atoms with Crippen LogP contribution in [0.15, 0.2) is 47.1 Å². The highest BCUT2D eigenvalue weighted by Crippen LogP contribution is 2.32. The van der Waals surface area contributed by atoms with Gasteiger partial charge in [-0.15, -0.1) is 0 Å². The Bertz CT molecular complexity index is 1140. The molecule has 0 saturated carbocycles. The van der Waals surface area contributed by atoms with Crippen molar-refractivity contribution >= 4 is 11.7 Å². The van der Waals surface area contributed by atoms with Crippen molar-refractivity contribution in [1.82, 2.24) is 9.47 Å². The van der Waals surface area contributed by atoms with Crippen molar-refractivity contribution in [2.45, 2.75) is 33.1 Å². The van der Waals surface area contributed by atoms with Crippen LogP contribution < -0.4 is 5.32 Å². The molecule has 0 aliphatic rings. The van der Waals surface area contributed by atoms with Crippen LogP contribution in [-0.4, -0.2) is 29.0 Å².